The van der Waals surface area contributed by atoms with Gasteiger partial charge in [-0.3, -0.25) is 0 Å². The number of hydrogen-bond acceptors (Lipinski definition) is 3. The minimum Gasteiger partial charge on any atom is -0.490 e. The van der Waals surface area contributed by atoms with Crippen molar-refractivity contribution in [1.82, 2.24) is 5.32 Å². The molecule has 1 aromatic carbocycles. The Balaban J connectivity index is 0.00000484. The van der Waals surface area contributed by atoms with Gasteiger partial charge in [-0.25, -0.2) is 4.99 Å². The summed E-state index contributed by atoms with van der Waals surface area (Å²) < 4.78 is 11.0. The summed E-state index contributed by atoms with van der Waals surface area (Å²) in [5.74, 6) is 1.30. The smallest absolute Gasteiger partial charge is 0.189 e. The van der Waals surface area contributed by atoms with E-state index in [1.807, 2.05) is 19.1 Å². The highest BCUT2D eigenvalue weighted by Crippen LogP contribution is 2.23. The van der Waals surface area contributed by atoms with Crippen molar-refractivity contribution in [3.63, 3.8) is 0 Å². The van der Waals surface area contributed by atoms with Crippen molar-refractivity contribution in [3.05, 3.63) is 29.3 Å². The molecule has 1 rings (SSSR count). The maximum absolute atomic E-state index is 5.98. The number of benzene rings is 1. The number of hydrogen-bond donors (Lipinski definition) is 2. The zero-order chi connectivity index (χ0) is 16.5. The summed E-state index contributed by atoms with van der Waals surface area (Å²) in [6, 6.07) is 6.28. The molecule has 23 heavy (non-hydrogen) atoms. The zero-order valence-corrected chi connectivity index (χ0v) is 17.1. The maximum atomic E-state index is 5.98. The van der Waals surface area contributed by atoms with Gasteiger partial charge in [-0.15, -0.1) is 24.0 Å². The number of guanidine groups is 1. The third-order valence-corrected chi connectivity index (χ3v) is 3.36. The number of aryl methyl sites for hydroxylation is 1. The van der Waals surface area contributed by atoms with Gasteiger partial charge in [0.1, 0.15) is 5.75 Å². The normalized spacial score (nSPS) is 13.9. The number of ether oxygens (including phenoxy) is 2. The summed E-state index contributed by atoms with van der Waals surface area (Å²) in [5, 5.41) is 3.10. The lowest BCUT2D eigenvalue weighted by Gasteiger charge is -2.17. The van der Waals surface area contributed by atoms with Gasteiger partial charge < -0.3 is 20.5 Å². The van der Waals surface area contributed by atoms with Crippen molar-refractivity contribution in [2.45, 2.75) is 52.8 Å². The molecular weight excluding hydrogens is 405 g/mol. The molecule has 0 spiro atoms. The van der Waals surface area contributed by atoms with Crippen LogP contribution in [-0.2, 0) is 11.3 Å². The Morgan fingerprint density at radius 1 is 1.35 bits per heavy atom. The van der Waals surface area contributed by atoms with E-state index in [9.17, 15) is 0 Å². The lowest BCUT2D eigenvalue weighted by molar-refractivity contribution is 0.179. The van der Waals surface area contributed by atoms with Crippen molar-refractivity contribution in [3.8, 4) is 5.75 Å². The maximum Gasteiger partial charge on any atom is 0.189 e. The molecule has 2 unspecified atom stereocenters. The number of aliphatic imine (C=N–C) groups is 1. The third kappa shape index (κ3) is 8.41. The van der Waals surface area contributed by atoms with Gasteiger partial charge in [0.05, 0.1) is 19.3 Å². The number of nitrogens with two attached hydrogens (primary N) is 1. The van der Waals surface area contributed by atoms with E-state index < -0.39 is 0 Å². The number of halogens is 1. The molecule has 0 bridgehead atoms. The Kier molecular flexibility index (Phi) is 11.0. The van der Waals surface area contributed by atoms with Crippen LogP contribution < -0.4 is 15.8 Å². The largest absolute Gasteiger partial charge is 0.490 e. The zero-order valence-electron chi connectivity index (χ0n) is 14.8. The van der Waals surface area contributed by atoms with Crippen molar-refractivity contribution in [2.24, 2.45) is 10.7 Å². The van der Waals surface area contributed by atoms with Crippen LogP contribution in [0.3, 0.4) is 0 Å². The predicted octanol–water partition coefficient (Wildman–Crippen LogP) is 3.23. The monoisotopic (exact) mass is 435 g/mol. The summed E-state index contributed by atoms with van der Waals surface area (Å²) in [4.78, 5) is 4.39. The molecular formula is C17H30IN3O2. The van der Waals surface area contributed by atoms with E-state index in [2.05, 4.69) is 37.1 Å². The molecule has 132 valence electrons. The highest BCUT2D eigenvalue weighted by Gasteiger charge is 2.08. The van der Waals surface area contributed by atoms with E-state index in [0.717, 1.165) is 17.7 Å². The fraction of sp³-hybridized carbons (Fsp3) is 0.588. The SMILES string of the molecule is CCC(C)Oc1cc(C)ccc1CN=C(N)NC(C)COC.I. The van der Waals surface area contributed by atoms with Gasteiger partial charge in [0.15, 0.2) is 5.96 Å². The first kappa shape index (κ1) is 22.0. The highest BCUT2D eigenvalue weighted by atomic mass is 127. The quantitative estimate of drug-likeness (QED) is 0.374. The molecule has 0 saturated heterocycles. The van der Waals surface area contributed by atoms with Crippen LogP contribution in [0.25, 0.3) is 0 Å². The first-order valence-electron chi connectivity index (χ1n) is 7.77. The lowest BCUT2D eigenvalue weighted by Crippen LogP contribution is -2.40. The molecule has 0 saturated carbocycles. The molecule has 0 aliphatic carbocycles. The molecule has 0 aromatic heterocycles. The first-order chi connectivity index (χ1) is 10.5. The van der Waals surface area contributed by atoms with Crippen molar-refractivity contribution >= 4 is 29.9 Å². The van der Waals surface area contributed by atoms with Gasteiger partial charge in [-0.2, -0.15) is 0 Å². The number of nitrogens with zero attached hydrogens (tertiary/aromatic N) is 1. The Hall–Kier alpha value is -1.02. The molecule has 5 nitrogen and oxygen atoms in total. The highest BCUT2D eigenvalue weighted by molar-refractivity contribution is 14.0. The molecule has 0 aliphatic rings. The molecule has 2 atom stereocenters. The van der Waals surface area contributed by atoms with Gasteiger partial charge in [0.2, 0.25) is 0 Å². The second-order valence-electron chi connectivity index (χ2n) is 5.65. The number of rotatable bonds is 8. The van der Waals surface area contributed by atoms with E-state index >= 15 is 0 Å². The fourth-order valence-electron chi connectivity index (χ4n) is 1.96. The van der Waals surface area contributed by atoms with Crippen LogP contribution >= 0.6 is 24.0 Å². The van der Waals surface area contributed by atoms with E-state index in [1.165, 1.54) is 5.56 Å². The molecule has 0 amide bonds. The average Bonchev–Trinajstić information content (AvgIpc) is 2.46. The minimum atomic E-state index is 0. The molecule has 6 heteroatoms. The van der Waals surface area contributed by atoms with E-state index in [-0.39, 0.29) is 36.1 Å². The van der Waals surface area contributed by atoms with Crippen molar-refractivity contribution in [2.75, 3.05) is 13.7 Å². The van der Waals surface area contributed by atoms with Gasteiger partial charge in [-0.1, -0.05) is 19.1 Å². The van der Waals surface area contributed by atoms with Crippen molar-refractivity contribution in [1.29, 1.82) is 0 Å². The summed E-state index contributed by atoms with van der Waals surface area (Å²) in [5.41, 5.74) is 8.11. The van der Waals surface area contributed by atoms with E-state index in [4.69, 9.17) is 15.2 Å². The molecule has 3 N–H and O–H groups in total. The van der Waals surface area contributed by atoms with Crippen LogP contribution in [0.15, 0.2) is 23.2 Å². The van der Waals surface area contributed by atoms with Gasteiger partial charge in [0, 0.05) is 18.7 Å². The van der Waals surface area contributed by atoms with E-state index in [0.29, 0.717) is 19.1 Å². The predicted molar refractivity (Wildman–Crippen MR) is 107 cm³/mol. The minimum absolute atomic E-state index is 0. The van der Waals surface area contributed by atoms with Crippen LogP contribution in [0.5, 0.6) is 5.75 Å². The summed E-state index contributed by atoms with van der Waals surface area (Å²) >= 11 is 0. The Morgan fingerprint density at radius 3 is 2.65 bits per heavy atom. The number of nitrogens with one attached hydrogen (secondary N) is 1. The summed E-state index contributed by atoms with van der Waals surface area (Å²) in [6.07, 6.45) is 1.15. The van der Waals surface area contributed by atoms with Crippen LogP contribution in [0.4, 0.5) is 0 Å². The average molecular weight is 435 g/mol. The van der Waals surface area contributed by atoms with Crippen LogP contribution in [-0.4, -0.2) is 31.8 Å². The second-order valence-corrected chi connectivity index (χ2v) is 5.65. The Labute approximate surface area is 157 Å². The van der Waals surface area contributed by atoms with Crippen LogP contribution in [0.2, 0.25) is 0 Å². The molecule has 0 heterocycles. The topological polar surface area (TPSA) is 68.9 Å². The first-order valence-corrected chi connectivity index (χ1v) is 7.77. The Morgan fingerprint density at radius 2 is 2.04 bits per heavy atom. The molecule has 0 radical (unpaired) electrons. The van der Waals surface area contributed by atoms with Gasteiger partial charge >= 0.3 is 0 Å². The third-order valence-electron chi connectivity index (χ3n) is 3.36. The Bertz CT molecular complexity index is 495. The van der Waals surface area contributed by atoms with Crippen LogP contribution in [0.1, 0.15) is 38.3 Å². The fourth-order valence-corrected chi connectivity index (χ4v) is 1.96. The molecule has 0 fully saturated rings. The van der Waals surface area contributed by atoms with Gasteiger partial charge in [-0.05, 0) is 38.8 Å². The van der Waals surface area contributed by atoms with Crippen molar-refractivity contribution < 1.29 is 9.47 Å². The van der Waals surface area contributed by atoms with E-state index in [1.54, 1.807) is 7.11 Å². The number of methoxy groups -OCH3 is 1. The lowest BCUT2D eigenvalue weighted by atomic mass is 10.1. The van der Waals surface area contributed by atoms with Crippen LogP contribution in [0, 0.1) is 6.92 Å². The van der Waals surface area contributed by atoms with Gasteiger partial charge in [0.25, 0.3) is 0 Å². The molecule has 0 aliphatic heterocycles. The second kappa shape index (κ2) is 11.5. The summed E-state index contributed by atoms with van der Waals surface area (Å²) in [7, 11) is 1.66. The standard InChI is InChI=1S/C17H29N3O2.HI/c1-6-14(4)22-16-9-12(2)7-8-15(16)10-19-17(18)20-13(3)11-21-5;/h7-9,13-14H,6,10-11H2,1-5H3,(H3,18,19,20);1H. The summed E-state index contributed by atoms with van der Waals surface area (Å²) in [6.45, 7) is 9.30. The molecule has 1 aromatic rings.